The second-order valence-corrected chi connectivity index (χ2v) is 9.25. The number of fused-ring (bicyclic) bond motifs is 2. The molecule has 172 valence electrons. The minimum atomic E-state index is -0.250. The number of hydrogen-bond donors (Lipinski definition) is 4. The Labute approximate surface area is 204 Å². The summed E-state index contributed by atoms with van der Waals surface area (Å²) < 4.78 is 0. The molecular formula is C29H26N6. The van der Waals surface area contributed by atoms with Crippen molar-refractivity contribution in [3.8, 4) is 11.1 Å². The molecule has 0 spiro atoms. The number of nitrogens with two attached hydrogens (primary N) is 1. The average Bonchev–Trinajstić information content (AvgIpc) is 3.01. The number of rotatable bonds is 3. The highest BCUT2D eigenvalue weighted by Gasteiger charge is 2.34. The van der Waals surface area contributed by atoms with Gasteiger partial charge in [0.25, 0.3) is 0 Å². The van der Waals surface area contributed by atoms with Crippen LogP contribution in [-0.4, -0.2) is 16.7 Å². The van der Waals surface area contributed by atoms with Crippen LogP contribution in [0.5, 0.6) is 0 Å². The molecule has 0 radical (unpaired) electrons. The maximum atomic E-state index is 9.18. The third-order valence-corrected chi connectivity index (χ3v) is 7.08. The molecule has 0 saturated heterocycles. The summed E-state index contributed by atoms with van der Waals surface area (Å²) in [6, 6.07) is 27.6. The van der Waals surface area contributed by atoms with E-state index in [0.29, 0.717) is 17.1 Å². The zero-order chi connectivity index (χ0) is 24.0. The molecule has 1 saturated carbocycles. The van der Waals surface area contributed by atoms with Crippen LogP contribution >= 0.6 is 0 Å². The Bertz CT molecular complexity index is 1440. The molecular weight excluding hydrogens is 432 g/mol. The Hall–Kier alpha value is -4.29. The maximum Gasteiger partial charge on any atom is 0.154 e. The molecule has 2 aliphatic rings. The summed E-state index contributed by atoms with van der Waals surface area (Å²) in [6.45, 7) is 0. The molecule has 1 aromatic heterocycles. The molecule has 0 atom stereocenters. The lowest BCUT2D eigenvalue weighted by Gasteiger charge is -2.38. The van der Waals surface area contributed by atoms with Gasteiger partial charge in [0.05, 0.1) is 11.4 Å². The SMILES string of the molecule is N=C(c1ccc(C2(N)CCC2)cc1)N1C(=N)c2ccccc2Nc2ncc(-c3ccccc3)cc21. The highest BCUT2D eigenvalue weighted by Crippen LogP contribution is 2.40. The number of aromatic nitrogens is 1. The van der Waals surface area contributed by atoms with Crippen LogP contribution in [0.4, 0.5) is 17.2 Å². The molecule has 1 aliphatic carbocycles. The molecule has 1 aliphatic heterocycles. The van der Waals surface area contributed by atoms with Crippen LogP contribution in [0.25, 0.3) is 11.1 Å². The molecule has 6 nitrogen and oxygen atoms in total. The molecule has 0 bridgehead atoms. The molecule has 6 rings (SSSR count). The summed E-state index contributed by atoms with van der Waals surface area (Å²) >= 11 is 0. The summed E-state index contributed by atoms with van der Waals surface area (Å²) in [5, 5.41) is 21.7. The van der Waals surface area contributed by atoms with E-state index in [1.807, 2.05) is 91.1 Å². The summed E-state index contributed by atoms with van der Waals surface area (Å²) in [4.78, 5) is 6.39. The zero-order valence-electron chi connectivity index (χ0n) is 19.3. The molecule has 3 aromatic carbocycles. The molecule has 6 heteroatoms. The van der Waals surface area contributed by atoms with E-state index in [2.05, 4.69) is 5.32 Å². The van der Waals surface area contributed by atoms with E-state index in [9.17, 15) is 5.41 Å². The van der Waals surface area contributed by atoms with Crippen molar-refractivity contribution in [2.45, 2.75) is 24.8 Å². The van der Waals surface area contributed by atoms with Gasteiger partial charge in [-0.15, -0.1) is 0 Å². The number of anilines is 3. The van der Waals surface area contributed by atoms with E-state index in [4.69, 9.17) is 16.1 Å². The summed E-state index contributed by atoms with van der Waals surface area (Å²) in [6.07, 6.45) is 4.96. The second-order valence-electron chi connectivity index (χ2n) is 9.25. The van der Waals surface area contributed by atoms with E-state index < -0.39 is 0 Å². The van der Waals surface area contributed by atoms with Crippen LogP contribution < -0.4 is 16.0 Å². The van der Waals surface area contributed by atoms with Crippen molar-refractivity contribution in [3.05, 3.63) is 108 Å². The lowest BCUT2D eigenvalue weighted by atomic mass is 9.73. The van der Waals surface area contributed by atoms with Crippen LogP contribution in [0.3, 0.4) is 0 Å². The average molecular weight is 459 g/mol. The standard InChI is InChI=1S/C29H26N6/c30-26(20-11-13-22(14-12-20)29(32)15-6-16-29)35-25-17-21(19-7-2-1-3-8-19)18-33-28(25)34-24-10-5-4-9-23(24)27(35)31/h1-5,7-14,17-18,30-31H,6,15-16,32H2,(H,33,34). The van der Waals surface area contributed by atoms with E-state index >= 15 is 0 Å². The van der Waals surface area contributed by atoms with Crippen LogP contribution in [0.15, 0.2) is 91.1 Å². The first-order valence-electron chi connectivity index (χ1n) is 11.8. The van der Waals surface area contributed by atoms with Crippen LogP contribution in [0.2, 0.25) is 0 Å². The number of hydrogen-bond acceptors (Lipinski definition) is 5. The highest BCUT2D eigenvalue weighted by atomic mass is 15.2. The summed E-state index contributed by atoms with van der Waals surface area (Å²) in [5.41, 5.74) is 12.2. The number of amidine groups is 2. The molecule has 5 N–H and O–H groups in total. The third-order valence-electron chi connectivity index (χ3n) is 7.08. The van der Waals surface area contributed by atoms with Gasteiger partial charge in [0, 0.05) is 28.4 Å². The normalized spacial score (nSPS) is 15.8. The lowest BCUT2D eigenvalue weighted by molar-refractivity contribution is 0.253. The topological polar surface area (TPSA) is 102 Å². The Morgan fingerprint density at radius 2 is 1.63 bits per heavy atom. The number of pyridine rings is 1. The zero-order valence-corrected chi connectivity index (χ0v) is 19.3. The monoisotopic (exact) mass is 458 g/mol. The van der Waals surface area contributed by atoms with Crippen LogP contribution in [0, 0.1) is 10.8 Å². The first-order chi connectivity index (χ1) is 17.0. The van der Waals surface area contributed by atoms with Crippen molar-refractivity contribution in [2.24, 2.45) is 5.73 Å². The van der Waals surface area contributed by atoms with E-state index in [1.54, 1.807) is 4.90 Å². The lowest BCUT2D eigenvalue weighted by Crippen LogP contribution is -2.43. The molecule has 0 unspecified atom stereocenters. The molecule has 2 heterocycles. The van der Waals surface area contributed by atoms with Crippen molar-refractivity contribution >= 4 is 28.9 Å². The fraction of sp³-hybridized carbons (Fsp3) is 0.138. The second kappa shape index (κ2) is 8.18. The van der Waals surface area contributed by atoms with Gasteiger partial charge in [-0.2, -0.15) is 0 Å². The van der Waals surface area contributed by atoms with Crippen molar-refractivity contribution in [1.82, 2.24) is 4.98 Å². The van der Waals surface area contributed by atoms with Gasteiger partial charge in [0.1, 0.15) is 11.7 Å². The van der Waals surface area contributed by atoms with Crippen molar-refractivity contribution in [1.29, 1.82) is 10.8 Å². The molecule has 0 amide bonds. The van der Waals surface area contributed by atoms with E-state index in [0.717, 1.165) is 47.2 Å². The van der Waals surface area contributed by atoms with Gasteiger partial charge in [0.2, 0.25) is 0 Å². The van der Waals surface area contributed by atoms with E-state index in [1.165, 1.54) is 0 Å². The van der Waals surface area contributed by atoms with Gasteiger partial charge >= 0.3 is 0 Å². The van der Waals surface area contributed by atoms with Crippen LogP contribution in [-0.2, 0) is 5.54 Å². The number of nitrogens with zero attached hydrogens (tertiary/aromatic N) is 2. The third kappa shape index (κ3) is 3.59. The maximum absolute atomic E-state index is 9.18. The quantitative estimate of drug-likeness (QED) is 0.223. The van der Waals surface area contributed by atoms with Gasteiger partial charge in [-0.05, 0) is 48.6 Å². The first kappa shape index (κ1) is 21.3. The Morgan fingerprint density at radius 1 is 0.914 bits per heavy atom. The van der Waals surface area contributed by atoms with Crippen molar-refractivity contribution in [3.63, 3.8) is 0 Å². The Balaban J connectivity index is 1.46. The van der Waals surface area contributed by atoms with Gasteiger partial charge in [-0.1, -0.05) is 66.7 Å². The fourth-order valence-corrected chi connectivity index (χ4v) is 4.84. The predicted octanol–water partition coefficient (Wildman–Crippen LogP) is 6.00. The van der Waals surface area contributed by atoms with Crippen molar-refractivity contribution in [2.75, 3.05) is 10.2 Å². The Morgan fingerprint density at radius 3 is 2.34 bits per heavy atom. The highest BCUT2D eigenvalue weighted by molar-refractivity contribution is 6.30. The number of nitrogens with one attached hydrogen (secondary N) is 3. The number of para-hydroxylation sites is 1. The van der Waals surface area contributed by atoms with Gasteiger partial charge < -0.3 is 11.1 Å². The number of benzene rings is 3. The van der Waals surface area contributed by atoms with Crippen molar-refractivity contribution < 1.29 is 0 Å². The molecule has 1 fully saturated rings. The predicted molar refractivity (Wildman–Crippen MR) is 142 cm³/mol. The van der Waals surface area contributed by atoms with Crippen LogP contribution in [0.1, 0.15) is 36.0 Å². The summed E-state index contributed by atoms with van der Waals surface area (Å²) in [7, 11) is 0. The largest absolute Gasteiger partial charge is 0.338 e. The smallest absolute Gasteiger partial charge is 0.154 e. The minimum Gasteiger partial charge on any atom is -0.338 e. The van der Waals surface area contributed by atoms with Gasteiger partial charge in [-0.3, -0.25) is 15.7 Å². The first-order valence-corrected chi connectivity index (χ1v) is 11.8. The molecule has 35 heavy (non-hydrogen) atoms. The van der Waals surface area contributed by atoms with Gasteiger partial charge in [-0.25, -0.2) is 4.98 Å². The Kier molecular flexibility index (Phi) is 4.97. The fourth-order valence-electron chi connectivity index (χ4n) is 4.84. The van der Waals surface area contributed by atoms with E-state index in [-0.39, 0.29) is 17.2 Å². The molecule has 4 aromatic rings. The minimum absolute atomic E-state index is 0.216. The summed E-state index contributed by atoms with van der Waals surface area (Å²) in [5.74, 6) is 1.05. The van der Waals surface area contributed by atoms with Gasteiger partial charge in [0.15, 0.2) is 5.82 Å².